The van der Waals surface area contributed by atoms with Gasteiger partial charge in [0.25, 0.3) is 0 Å². The van der Waals surface area contributed by atoms with E-state index < -0.39 is 0 Å². The highest BCUT2D eigenvalue weighted by atomic mass is 16.3. The van der Waals surface area contributed by atoms with Crippen LogP contribution in [0.5, 0.6) is 0 Å². The largest absolute Gasteiger partial charge is 0.392 e. The molecule has 172 valence electrons. The summed E-state index contributed by atoms with van der Waals surface area (Å²) in [6.07, 6.45) is 14.8. The molecular weight excluding hydrogens is 376 g/mol. The van der Waals surface area contributed by atoms with Gasteiger partial charge in [-0.3, -0.25) is 0 Å². The zero-order valence-corrected chi connectivity index (χ0v) is 21.3. The second-order valence-electron chi connectivity index (χ2n) is 13.8. The molecule has 0 spiro atoms. The third-order valence-corrected chi connectivity index (χ3v) is 12.3. The predicted molar refractivity (Wildman–Crippen MR) is 131 cm³/mol. The molecule has 5 aliphatic rings. The summed E-state index contributed by atoms with van der Waals surface area (Å²) >= 11 is 0. The summed E-state index contributed by atoms with van der Waals surface area (Å²) < 4.78 is 0. The standard InChI is InChI=1S/C30H46O/c1-19-11-14-27(5)17-18-29(7)21(25(27)20(19)2)9-10-23-28(6)15-13-24(31)26(3,4)22(28)12-16-30(23,29)8/h9,12,20,23-25,31H,1,10-11,13-18H2,2-8H3/t20-,23-,24-,25-,27-,28+,29-,30-/m1/s1. The van der Waals surface area contributed by atoms with E-state index in [9.17, 15) is 5.11 Å². The average molecular weight is 423 g/mol. The summed E-state index contributed by atoms with van der Waals surface area (Å²) in [5.74, 6) is 1.96. The predicted octanol–water partition coefficient (Wildman–Crippen LogP) is 7.87. The van der Waals surface area contributed by atoms with Crippen LogP contribution < -0.4 is 0 Å². The molecule has 1 heteroatoms. The Morgan fingerprint density at radius 2 is 1.68 bits per heavy atom. The van der Waals surface area contributed by atoms with Gasteiger partial charge < -0.3 is 5.11 Å². The lowest BCUT2D eigenvalue weighted by Gasteiger charge is -2.69. The van der Waals surface area contributed by atoms with Crippen LogP contribution in [0.2, 0.25) is 0 Å². The van der Waals surface area contributed by atoms with Crippen LogP contribution in [0.15, 0.2) is 35.5 Å². The molecule has 5 aliphatic carbocycles. The van der Waals surface area contributed by atoms with E-state index in [2.05, 4.69) is 67.2 Å². The number of hydrogen-bond donors (Lipinski definition) is 1. The molecule has 0 aromatic heterocycles. The second-order valence-corrected chi connectivity index (χ2v) is 13.8. The minimum Gasteiger partial charge on any atom is -0.392 e. The van der Waals surface area contributed by atoms with Crippen LogP contribution in [0.1, 0.15) is 99.8 Å². The van der Waals surface area contributed by atoms with Crippen LogP contribution in [0.3, 0.4) is 0 Å². The normalized spacial score (nSPS) is 53.4. The van der Waals surface area contributed by atoms with Crippen molar-refractivity contribution in [1.82, 2.24) is 0 Å². The van der Waals surface area contributed by atoms with Crippen molar-refractivity contribution in [3.05, 3.63) is 35.5 Å². The van der Waals surface area contributed by atoms with Crippen LogP contribution in [0.25, 0.3) is 0 Å². The van der Waals surface area contributed by atoms with E-state index in [0.717, 1.165) is 12.8 Å². The number of allylic oxidation sites excluding steroid dienone is 4. The van der Waals surface area contributed by atoms with Crippen molar-refractivity contribution >= 4 is 0 Å². The highest BCUT2D eigenvalue weighted by Crippen LogP contribution is 2.74. The monoisotopic (exact) mass is 422 g/mol. The van der Waals surface area contributed by atoms with Crippen LogP contribution in [-0.4, -0.2) is 11.2 Å². The fourth-order valence-corrected chi connectivity index (χ4v) is 9.82. The van der Waals surface area contributed by atoms with E-state index in [1.807, 2.05) is 0 Å². The summed E-state index contributed by atoms with van der Waals surface area (Å²) in [5, 5.41) is 10.8. The molecule has 0 radical (unpaired) electrons. The lowest BCUT2D eigenvalue weighted by molar-refractivity contribution is -0.111. The highest BCUT2D eigenvalue weighted by Gasteiger charge is 2.66. The fourth-order valence-electron chi connectivity index (χ4n) is 9.82. The maximum Gasteiger partial charge on any atom is 0.0628 e. The molecule has 31 heavy (non-hydrogen) atoms. The summed E-state index contributed by atoms with van der Waals surface area (Å²) in [6, 6.07) is 0. The van der Waals surface area contributed by atoms with Gasteiger partial charge in [0.1, 0.15) is 0 Å². The van der Waals surface area contributed by atoms with E-state index in [1.54, 1.807) is 11.1 Å². The maximum absolute atomic E-state index is 10.8. The van der Waals surface area contributed by atoms with Gasteiger partial charge in [0.15, 0.2) is 0 Å². The van der Waals surface area contributed by atoms with Crippen molar-refractivity contribution in [2.45, 2.75) is 106 Å². The molecule has 0 heterocycles. The molecule has 0 aromatic carbocycles. The Balaban J connectivity index is 1.62. The highest BCUT2D eigenvalue weighted by molar-refractivity contribution is 5.40. The fraction of sp³-hybridized carbons (Fsp3) is 0.800. The molecule has 0 bridgehead atoms. The van der Waals surface area contributed by atoms with Gasteiger partial charge in [-0.15, -0.1) is 0 Å². The summed E-state index contributed by atoms with van der Waals surface area (Å²) in [7, 11) is 0. The maximum atomic E-state index is 10.8. The van der Waals surface area contributed by atoms with Gasteiger partial charge in [-0.05, 0) is 90.8 Å². The average Bonchev–Trinajstić information content (AvgIpc) is 2.69. The molecule has 8 atom stereocenters. The lowest BCUT2D eigenvalue weighted by atomic mass is 9.35. The van der Waals surface area contributed by atoms with Crippen molar-refractivity contribution < 1.29 is 5.11 Å². The molecule has 1 N–H and O–H groups in total. The molecule has 5 rings (SSSR count). The van der Waals surface area contributed by atoms with Crippen molar-refractivity contribution in [3.63, 3.8) is 0 Å². The van der Waals surface area contributed by atoms with Gasteiger partial charge in [0.05, 0.1) is 6.10 Å². The van der Waals surface area contributed by atoms with Gasteiger partial charge in [0, 0.05) is 5.41 Å². The number of hydrogen-bond acceptors (Lipinski definition) is 1. The minimum atomic E-state index is -0.203. The van der Waals surface area contributed by atoms with Crippen LogP contribution >= 0.6 is 0 Å². The van der Waals surface area contributed by atoms with Crippen LogP contribution in [-0.2, 0) is 0 Å². The molecule has 0 aromatic rings. The summed E-state index contributed by atoms with van der Waals surface area (Å²) in [5.41, 5.74) is 5.98. The Bertz CT molecular complexity index is 875. The first-order valence-corrected chi connectivity index (χ1v) is 13.1. The van der Waals surface area contributed by atoms with Gasteiger partial charge in [-0.2, -0.15) is 0 Å². The topological polar surface area (TPSA) is 20.2 Å². The first-order valence-electron chi connectivity index (χ1n) is 13.1. The first-order chi connectivity index (χ1) is 14.3. The number of rotatable bonds is 0. The Hall–Kier alpha value is -0.820. The summed E-state index contributed by atoms with van der Waals surface area (Å²) in [6.45, 7) is 22.0. The number of fused-ring (bicyclic) bond motifs is 7. The molecular formula is C30H46O. The van der Waals surface area contributed by atoms with Crippen molar-refractivity contribution in [2.24, 2.45) is 44.8 Å². The first kappa shape index (κ1) is 22.0. The minimum absolute atomic E-state index is 0.0972. The Morgan fingerprint density at radius 3 is 2.39 bits per heavy atom. The van der Waals surface area contributed by atoms with Crippen molar-refractivity contribution in [3.8, 4) is 0 Å². The number of aliphatic hydroxyl groups excluding tert-OH is 1. The number of aliphatic hydroxyl groups is 1. The quantitative estimate of drug-likeness (QED) is 0.394. The summed E-state index contributed by atoms with van der Waals surface area (Å²) in [4.78, 5) is 0. The zero-order valence-electron chi connectivity index (χ0n) is 21.3. The zero-order chi connectivity index (χ0) is 22.6. The molecule has 0 aliphatic heterocycles. The van der Waals surface area contributed by atoms with E-state index in [0.29, 0.717) is 28.6 Å². The van der Waals surface area contributed by atoms with Crippen molar-refractivity contribution in [2.75, 3.05) is 0 Å². The van der Waals surface area contributed by atoms with Gasteiger partial charge in [0.2, 0.25) is 0 Å². The van der Waals surface area contributed by atoms with E-state index in [-0.39, 0.29) is 22.3 Å². The molecule has 3 saturated carbocycles. The lowest BCUT2D eigenvalue weighted by Crippen LogP contribution is -2.61. The van der Waals surface area contributed by atoms with Crippen molar-refractivity contribution in [1.29, 1.82) is 0 Å². The SMILES string of the molecule is C=C1CC[C@]2(C)CC[C@]3(C)C(=CC[C@@H]4[C@@]5(C)CC[C@@H](O)C(C)(C)C5=CC[C@]43C)[C@H]2[C@@H]1C. The third-order valence-electron chi connectivity index (χ3n) is 12.3. The second kappa shape index (κ2) is 6.40. The van der Waals surface area contributed by atoms with Crippen LogP contribution in [0.4, 0.5) is 0 Å². The van der Waals surface area contributed by atoms with E-state index in [4.69, 9.17) is 0 Å². The van der Waals surface area contributed by atoms with E-state index in [1.165, 1.54) is 44.1 Å². The Kier molecular flexibility index (Phi) is 4.54. The van der Waals surface area contributed by atoms with Gasteiger partial charge in [-0.25, -0.2) is 0 Å². The van der Waals surface area contributed by atoms with E-state index >= 15 is 0 Å². The molecule has 0 unspecified atom stereocenters. The van der Waals surface area contributed by atoms with Crippen LogP contribution in [0, 0.1) is 44.8 Å². The third kappa shape index (κ3) is 2.54. The smallest absolute Gasteiger partial charge is 0.0628 e. The Morgan fingerprint density at radius 1 is 0.968 bits per heavy atom. The molecule has 0 saturated heterocycles. The molecule has 0 amide bonds. The molecule has 1 nitrogen and oxygen atoms in total. The molecule has 3 fully saturated rings. The van der Waals surface area contributed by atoms with Gasteiger partial charge in [-0.1, -0.05) is 83.9 Å². The van der Waals surface area contributed by atoms with Gasteiger partial charge >= 0.3 is 0 Å². The Labute approximate surface area is 191 Å².